The molecule has 0 unspecified atom stereocenters. The van der Waals surface area contributed by atoms with E-state index in [2.05, 4.69) is 15.9 Å². The Hall–Kier alpha value is -3.24. The van der Waals surface area contributed by atoms with Crippen LogP contribution in [0.5, 0.6) is 0 Å². The molecule has 1 aromatic carbocycles. The predicted octanol–water partition coefficient (Wildman–Crippen LogP) is 3.69. The third kappa shape index (κ3) is 4.28. The fourth-order valence-electron chi connectivity index (χ4n) is 3.08. The predicted molar refractivity (Wildman–Crippen MR) is 106 cm³/mol. The van der Waals surface area contributed by atoms with Gasteiger partial charge in [0, 0.05) is 18.2 Å². The molecule has 8 heteroatoms. The summed E-state index contributed by atoms with van der Waals surface area (Å²) < 4.78 is 32.6. The standard InChI is InChI=1S/C21H16ClF2N3O2/c1-3-13-8-14(22)11-26-19(13)18(28)7-12-4-5-17(24)16(6-12)21(2)9-15(10-23)29-20(25)27-21/h1,4-6,8-9,11H,7,10H2,2H3,(H2,25,27)/t21-/m0/s1. The average molecular weight is 416 g/mol. The summed E-state index contributed by atoms with van der Waals surface area (Å²) in [6, 6.07) is 5.37. The van der Waals surface area contributed by atoms with Gasteiger partial charge in [0.25, 0.3) is 6.02 Å². The first-order chi connectivity index (χ1) is 13.8. The zero-order chi connectivity index (χ0) is 21.2. The summed E-state index contributed by atoms with van der Waals surface area (Å²) in [7, 11) is 0. The van der Waals surface area contributed by atoms with E-state index >= 15 is 0 Å². The van der Waals surface area contributed by atoms with Crippen molar-refractivity contribution in [1.82, 2.24) is 4.98 Å². The molecule has 0 bridgehead atoms. The second-order valence-electron chi connectivity index (χ2n) is 6.55. The van der Waals surface area contributed by atoms with E-state index in [4.69, 9.17) is 28.5 Å². The minimum Gasteiger partial charge on any atom is -0.428 e. The molecule has 2 aromatic rings. The van der Waals surface area contributed by atoms with Crippen molar-refractivity contribution < 1.29 is 18.3 Å². The van der Waals surface area contributed by atoms with Gasteiger partial charge in [0.1, 0.15) is 29.5 Å². The number of carbonyl (C=O) groups is 1. The summed E-state index contributed by atoms with van der Waals surface area (Å²) >= 11 is 5.86. The van der Waals surface area contributed by atoms with Crippen molar-refractivity contribution >= 4 is 23.4 Å². The highest BCUT2D eigenvalue weighted by atomic mass is 35.5. The van der Waals surface area contributed by atoms with E-state index in [0.717, 1.165) is 0 Å². The molecule has 2 heterocycles. The smallest absolute Gasteiger partial charge is 0.288 e. The minimum absolute atomic E-state index is 0.0649. The van der Waals surface area contributed by atoms with Gasteiger partial charge in [-0.25, -0.2) is 13.8 Å². The Morgan fingerprint density at radius 1 is 1.41 bits per heavy atom. The SMILES string of the molecule is C#Cc1cc(Cl)cnc1C(=O)Cc1ccc(F)c([C@]2(C)C=C(CF)OC(N)=N2)c1. The fourth-order valence-corrected chi connectivity index (χ4v) is 3.23. The van der Waals surface area contributed by atoms with Gasteiger partial charge < -0.3 is 10.5 Å². The Kier molecular flexibility index (Phi) is 5.66. The van der Waals surface area contributed by atoms with Crippen LogP contribution in [-0.4, -0.2) is 23.5 Å². The van der Waals surface area contributed by atoms with Gasteiger partial charge in [0.05, 0.1) is 10.6 Å². The lowest BCUT2D eigenvalue weighted by atomic mass is 9.88. The van der Waals surface area contributed by atoms with Gasteiger partial charge in [-0.3, -0.25) is 9.78 Å². The summed E-state index contributed by atoms with van der Waals surface area (Å²) in [5.74, 6) is 1.38. The number of ether oxygens (including phenoxy) is 1. The van der Waals surface area contributed by atoms with Crippen molar-refractivity contribution in [3.63, 3.8) is 0 Å². The zero-order valence-corrected chi connectivity index (χ0v) is 16.1. The molecule has 2 N–H and O–H groups in total. The largest absolute Gasteiger partial charge is 0.428 e. The number of ketones is 1. The lowest BCUT2D eigenvalue weighted by Crippen LogP contribution is -2.31. The van der Waals surface area contributed by atoms with Crippen LogP contribution >= 0.6 is 11.6 Å². The molecule has 1 atom stereocenters. The maximum absolute atomic E-state index is 14.6. The number of Topliss-reactive ketones (excluding diaryl/α,β-unsaturated/α-hetero) is 1. The molecule has 0 spiro atoms. The van der Waals surface area contributed by atoms with Crippen LogP contribution < -0.4 is 5.73 Å². The van der Waals surface area contributed by atoms with E-state index in [0.29, 0.717) is 10.6 Å². The Morgan fingerprint density at radius 2 is 2.17 bits per heavy atom. The van der Waals surface area contributed by atoms with Crippen molar-refractivity contribution in [1.29, 1.82) is 0 Å². The van der Waals surface area contributed by atoms with Crippen LogP contribution in [-0.2, 0) is 16.7 Å². The van der Waals surface area contributed by atoms with Gasteiger partial charge in [-0.05, 0) is 36.8 Å². The van der Waals surface area contributed by atoms with Gasteiger partial charge in [0.2, 0.25) is 0 Å². The Morgan fingerprint density at radius 3 is 2.86 bits per heavy atom. The third-order valence-corrected chi connectivity index (χ3v) is 4.57. The lowest BCUT2D eigenvalue weighted by molar-refractivity contribution is 0.0988. The summed E-state index contributed by atoms with van der Waals surface area (Å²) in [6.07, 6.45) is 8.02. The number of pyridine rings is 1. The Bertz CT molecular complexity index is 1090. The molecule has 3 rings (SSSR count). The summed E-state index contributed by atoms with van der Waals surface area (Å²) in [5, 5.41) is 0.317. The lowest BCUT2D eigenvalue weighted by Gasteiger charge is -2.28. The van der Waals surface area contributed by atoms with Gasteiger partial charge in [-0.2, -0.15) is 0 Å². The first-order valence-electron chi connectivity index (χ1n) is 8.51. The molecule has 0 fully saturated rings. The van der Waals surface area contributed by atoms with Crippen molar-refractivity contribution in [2.45, 2.75) is 18.9 Å². The highest BCUT2D eigenvalue weighted by Gasteiger charge is 2.32. The van der Waals surface area contributed by atoms with E-state index in [1.54, 1.807) is 6.92 Å². The number of alkyl halides is 1. The third-order valence-electron chi connectivity index (χ3n) is 4.37. The summed E-state index contributed by atoms with van der Waals surface area (Å²) in [6.45, 7) is 0.655. The molecule has 1 aliphatic rings. The number of allylic oxidation sites excluding steroid dienone is 1. The molecule has 0 radical (unpaired) electrons. The molecule has 148 valence electrons. The molecule has 1 aliphatic heterocycles. The highest BCUT2D eigenvalue weighted by molar-refractivity contribution is 6.30. The summed E-state index contributed by atoms with van der Waals surface area (Å²) in [4.78, 5) is 20.8. The number of carbonyl (C=O) groups excluding carboxylic acids is 1. The summed E-state index contributed by atoms with van der Waals surface area (Å²) in [5.41, 5.74) is 5.33. The van der Waals surface area contributed by atoms with Gasteiger partial charge >= 0.3 is 0 Å². The number of rotatable bonds is 5. The number of terminal acetylenes is 1. The van der Waals surface area contributed by atoms with Gasteiger partial charge in [-0.1, -0.05) is 23.6 Å². The van der Waals surface area contributed by atoms with Crippen molar-refractivity contribution in [2.24, 2.45) is 10.7 Å². The first kappa shape index (κ1) is 20.5. The topological polar surface area (TPSA) is 77.6 Å². The quantitative estimate of drug-likeness (QED) is 0.596. The van der Waals surface area contributed by atoms with E-state index in [1.165, 1.54) is 36.5 Å². The molecule has 0 amide bonds. The molecule has 29 heavy (non-hydrogen) atoms. The van der Waals surface area contributed by atoms with Crippen LogP contribution in [0.15, 0.2) is 47.3 Å². The van der Waals surface area contributed by atoms with E-state index in [1.807, 2.05) is 0 Å². The second-order valence-corrected chi connectivity index (χ2v) is 6.99. The molecular weight excluding hydrogens is 400 g/mol. The first-order valence-corrected chi connectivity index (χ1v) is 8.88. The number of aliphatic imine (C=N–C) groups is 1. The Balaban J connectivity index is 1.96. The van der Waals surface area contributed by atoms with Crippen molar-refractivity contribution in [3.05, 3.63) is 75.5 Å². The van der Waals surface area contributed by atoms with Crippen LogP contribution in [0.1, 0.15) is 34.1 Å². The number of nitrogens with two attached hydrogens (primary N) is 1. The molecule has 0 saturated heterocycles. The molecule has 0 saturated carbocycles. The number of hydrogen-bond acceptors (Lipinski definition) is 5. The number of amidine groups is 1. The molecule has 5 nitrogen and oxygen atoms in total. The van der Waals surface area contributed by atoms with Crippen LogP contribution in [0.2, 0.25) is 5.02 Å². The number of nitrogens with zero attached hydrogens (tertiary/aromatic N) is 2. The van der Waals surface area contributed by atoms with Crippen molar-refractivity contribution in [2.75, 3.05) is 6.67 Å². The van der Waals surface area contributed by atoms with E-state index in [-0.39, 0.29) is 40.8 Å². The van der Waals surface area contributed by atoms with Crippen LogP contribution in [0.3, 0.4) is 0 Å². The molecule has 1 aromatic heterocycles. The van der Waals surface area contributed by atoms with Crippen molar-refractivity contribution in [3.8, 4) is 12.3 Å². The zero-order valence-electron chi connectivity index (χ0n) is 15.4. The highest BCUT2D eigenvalue weighted by Crippen LogP contribution is 2.34. The normalized spacial score (nSPS) is 18.3. The number of benzene rings is 1. The maximum Gasteiger partial charge on any atom is 0.288 e. The van der Waals surface area contributed by atoms with E-state index < -0.39 is 18.0 Å². The Labute approximate surface area is 171 Å². The number of aromatic nitrogens is 1. The second kappa shape index (κ2) is 8.02. The fraction of sp³-hybridized carbons (Fsp3) is 0.190. The number of hydrogen-bond donors (Lipinski definition) is 1. The average Bonchev–Trinajstić information content (AvgIpc) is 2.68. The van der Waals surface area contributed by atoms with E-state index in [9.17, 15) is 13.6 Å². The van der Waals surface area contributed by atoms with Gasteiger partial charge in [-0.15, -0.1) is 6.42 Å². The number of halogens is 3. The molecule has 0 aliphatic carbocycles. The minimum atomic E-state index is -1.28. The van der Waals surface area contributed by atoms with Crippen LogP contribution in [0.25, 0.3) is 0 Å². The van der Waals surface area contributed by atoms with Gasteiger partial charge in [0.15, 0.2) is 5.78 Å². The monoisotopic (exact) mass is 415 g/mol. The van der Waals surface area contributed by atoms with Crippen LogP contribution in [0.4, 0.5) is 8.78 Å². The molecular formula is C21H16ClF2N3O2. The maximum atomic E-state index is 14.6. The van der Waals surface area contributed by atoms with Crippen LogP contribution in [0, 0.1) is 18.2 Å².